The maximum atomic E-state index is 9.35. The van der Waals surface area contributed by atoms with Crippen LogP contribution in [-0.4, -0.2) is 42.6 Å². The van der Waals surface area contributed by atoms with Crippen LogP contribution >= 0.6 is 0 Å². The molecule has 17 heavy (non-hydrogen) atoms. The predicted molar refractivity (Wildman–Crippen MR) is 68.6 cm³/mol. The number of rotatable bonds is 6. The Kier molecular flexibility index (Phi) is 5.25. The van der Waals surface area contributed by atoms with Crippen LogP contribution in [0, 0.1) is 0 Å². The van der Waals surface area contributed by atoms with E-state index >= 15 is 0 Å². The Bertz CT molecular complexity index is 324. The number of aliphatic hydroxyl groups excluding tert-OH is 2. The molecule has 1 aromatic carbocycles. The van der Waals surface area contributed by atoms with Crippen molar-refractivity contribution in [2.75, 3.05) is 25.1 Å². The fraction of sp³-hybridized carbons (Fsp3) is 0.538. The standard InChI is InChI=1S/C13H21NO3/c1-10(2)17-13-6-4-11(5-7-13)14(3)8-12(16)9-15/h4-7,10,12,15-16H,8-9H2,1-3H3. The van der Waals surface area contributed by atoms with Gasteiger partial charge in [-0.15, -0.1) is 0 Å². The molecule has 0 aliphatic carbocycles. The summed E-state index contributed by atoms with van der Waals surface area (Å²) in [5, 5.41) is 18.1. The molecule has 1 rings (SSSR count). The molecule has 96 valence electrons. The van der Waals surface area contributed by atoms with E-state index in [2.05, 4.69) is 0 Å². The molecule has 0 aliphatic rings. The minimum atomic E-state index is -0.716. The van der Waals surface area contributed by atoms with Gasteiger partial charge >= 0.3 is 0 Å². The lowest BCUT2D eigenvalue weighted by atomic mass is 10.2. The summed E-state index contributed by atoms with van der Waals surface area (Å²) >= 11 is 0. The Morgan fingerprint density at radius 3 is 2.29 bits per heavy atom. The van der Waals surface area contributed by atoms with E-state index in [0.717, 1.165) is 11.4 Å². The van der Waals surface area contributed by atoms with Gasteiger partial charge in [-0.1, -0.05) is 0 Å². The Morgan fingerprint density at radius 1 is 1.24 bits per heavy atom. The number of ether oxygens (including phenoxy) is 1. The molecule has 1 unspecified atom stereocenters. The minimum Gasteiger partial charge on any atom is -0.491 e. The number of hydrogen-bond donors (Lipinski definition) is 2. The molecule has 1 atom stereocenters. The van der Waals surface area contributed by atoms with Crippen LogP contribution in [0.5, 0.6) is 5.75 Å². The van der Waals surface area contributed by atoms with E-state index < -0.39 is 6.10 Å². The largest absolute Gasteiger partial charge is 0.491 e. The van der Waals surface area contributed by atoms with E-state index in [1.54, 1.807) is 0 Å². The number of aliphatic hydroxyl groups is 2. The first-order valence-corrected chi connectivity index (χ1v) is 5.79. The molecule has 2 N–H and O–H groups in total. The molecular formula is C13H21NO3. The Balaban J connectivity index is 2.60. The molecule has 0 aromatic heterocycles. The van der Waals surface area contributed by atoms with Crippen molar-refractivity contribution in [1.82, 2.24) is 0 Å². The zero-order chi connectivity index (χ0) is 12.8. The summed E-state index contributed by atoms with van der Waals surface area (Å²) in [5.41, 5.74) is 0.980. The monoisotopic (exact) mass is 239 g/mol. The highest BCUT2D eigenvalue weighted by molar-refractivity contribution is 5.48. The van der Waals surface area contributed by atoms with Crippen molar-refractivity contribution in [2.24, 2.45) is 0 Å². The van der Waals surface area contributed by atoms with Crippen LogP contribution in [0.2, 0.25) is 0 Å². The second-order valence-electron chi connectivity index (χ2n) is 4.38. The number of benzene rings is 1. The topological polar surface area (TPSA) is 52.9 Å². The van der Waals surface area contributed by atoms with Gasteiger partial charge in [0.05, 0.1) is 18.8 Å². The SMILES string of the molecule is CC(C)Oc1ccc(N(C)CC(O)CO)cc1. The van der Waals surface area contributed by atoms with E-state index in [4.69, 9.17) is 9.84 Å². The summed E-state index contributed by atoms with van der Waals surface area (Å²) in [5.74, 6) is 0.833. The Hall–Kier alpha value is -1.26. The average molecular weight is 239 g/mol. The number of anilines is 1. The molecule has 4 nitrogen and oxygen atoms in total. The smallest absolute Gasteiger partial charge is 0.119 e. The molecular weight excluding hydrogens is 218 g/mol. The maximum Gasteiger partial charge on any atom is 0.119 e. The van der Waals surface area contributed by atoms with Crippen molar-refractivity contribution in [3.8, 4) is 5.75 Å². The second kappa shape index (κ2) is 6.47. The first-order chi connectivity index (χ1) is 8.02. The molecule has 0 bridgehead atoms. The maximum absolute atomic E-state index is 9.35. The lowest BCUT2D eigenvalue weighted by Gasteiger charge is -2.22. The third kappa shape index (κ3) is 4.63. The normalized spacial score (nSPS) is 12.6. The lowest BCUT2D eigenvalue weighted by molar-refractivity contribution is 0.101. The molecule has 0 aliphatic heterocycles. The van der Waals surface area contributed by atoms with Crippen LogP contribution in [-0.2, 0) is 0 Å². The van der Waals surface area contributed by atoms with Crippen LogP contribution in [0.25, 0.3) is 0 Å². The summed E-state index contributed by atoms with van der Waals surface area (Å²) in [4.78, 5) is 1.89. The molecule has 0 heterocycles. The molecule has 0 amide bonds. The van der Waals surface area contributed by atoms with E-state index in [0.29, 0.717) is 6.54 Å². The molecule has 1 aromatic rings. The zero-order valence-corrected chi connectivity index (χ0v) is 10.6. The van der Waals surface area contributed by atoms with Crippen molar-refractivity contribution in [2.45, 2.75) is 26.1 Å². The van der Waals surface area contributed by atoms with Crippen molar-refractivity contribution in [3.63, 3.8) is 0 Å². The highest BCUT2D eigenvalue weighted by atomic mass is 16.5. The van der Waals surface area contributed by atoms with Crippen molar-refractivity contribution >= 4 is 5.69 Å². The number of nitrogens with zero attached hydrogens (tertiary/aromatic N) is 1. The zero-order valence-electron chi connectivity index (χ0n) is 10.6. The number of hydrogen-bond acceptors (Lipinski definition) is 4. The highest BCUT2D eigenvalue weighted by Gasteiger charge is 2.07. The molecule has 0 saturated heterocycles. The average Bonchev–Trinajstić information content (AvgIpc) is 2.28. The van der Waals surface area contributed by atoms with Crippen LogP contribution in [0.3, 0.4) is 0 Å². The van der Waals surface area contributed by atoms with Gasteiger partial charge in [0.25, 0.3) is 0 Å². The fourth-order valence-corrected chi connectivity index (χ4v) is 1.53. The van der Waals surface area contributed by atoms with E-state index in [1.165, 1.54) is 0 Å². The van der Waals surface area contributed by atoms with E-state index in [9.17, 15) is 5.11 Å². The third-order valence-corrected chi connectivity index (χ3v) is 2.34. The Morgan fingerprint density at radius 2 is 1.82 bits per heavy atom. The highest BCUT2D eigenvalue weighted by Crippen LogP contribution is 2.19. The lowest BCUT2D eigenvalue weighted by Crippen LogP contribution is -2.31. The van der Waals surface area contributed by atoms with Crippen LogP contribution in [0.4, 0.5) is 5.69 Å². The number of likely N-dealkylation sites (N-methyl/N-ethyl adjacent to an activating group) is 1. The van der Waals surface area contributed by atoms with Gasteiger partial charge in [-0.05, 0) is 38.1 Å². The quantitative estimate of drug-likeness (QED) is 0.785. The van der Waals surface area contributed by atoms with Crippen LogP contribution in [0.1, 0.15) is 13.8 Å². The summed E-state index contributed by atoms with van der Waals surface area (Å²) < 4.78 is 5.54. The molecule has 4 heteroatoms. The van der Waals surface area contributed by atoms with Gasteiger partial charge in [0.15, 0.2) is 0 Å². The van der Waals surface area contributed by atoms with Gasteiger partial charge in [0.1, 0.15) is 5.75 Å². The second-order valence-corrected chi connectivity index (χ2v) is 4.38. The summed E-state index contributed by atoms with van der Waals surface area (Å²) in [6, 6.07) is 7.66. The summed E-state index contributed by atoms with van der Waals surface area (Å²) in [6.07, 6.45) is -0.554. The van der Waals surface area contributed by atoms with E-state index in [1.807, 2.05) is 50.1 Å². The van der Waals surface area contributed by atoms with Gasteiger partial charge in [-0.25, -0.2) is 0 Å². The molecule has 0 spiro atoms. The van der Waals surface area contributed by atoms with Gasteiger partial charge in [0, 0.05) is 19.3 Å². The van der Waals surface area contributed by atoms with Crippen molar-refractivity contribution < 1.29 is 14.9 Å². The van der Waals surface area contributed by atoms with Gasteiger partial charge in [-0.2, -0.15) is 0 Å². The fourth-order valence-electron chi connectivity index (χ4n) is 1.53. The first kappa shape index (κ1) is 13.8. The Labute approximate surface area is 102 Å². The van der Waals surface area contributed by atoms with Crippen LogP contribution in [0.15, 0.2) is 24.3 Å². The van der Waals surface area contributed by atoms with Crippen LogP contribution < -0.4 is 9.64 Å². The van der Waals surface area contributed by atoms with Gasteiger partial charge < -0.3 is 19.8 Å². The van der Waals surface area contributed by atoms with E-state index in [-0.39, 0.29) is 12.7 Å². The minimum absolute atomic E-state index is 0.162. The van der Waals surface area contributed by atoms with Gasteiger partial charge in [-0.3, -0.25) is 0 Å². The molecule has 0 saturated carbocycles. The summed E-state index contributed by atoms with van der Waals surface area (Å²) in [6.45, 7) is 4.15. The third-order valence-electron chi connectivity index (χ3n) is 2.34. The molecule has 0 radical (unpaired) electrons. The van der Waals surface area contributed by atoms with Crippen molar-refractivity contribution in [1.29, 1.82) is 0 Å². The van der Waals surface area contributed by atoms with Gasteiger partial charge in [0.2, 0.25) is 0 Å². The first-order valence-electron chi connectivity index (χ1n) is 5.79. The molecule has 0 fully saturated rings. The summed E-state index contributed by atoms with van der Waals surface area (Å²) in [7, 11) is 1.87. The predicted octanol–water partition coefficient (Wildman–Crippen LogP) is 1.26. The van der Waals surface area contributed by atoms with Crippen molar-refractivity contribution in [3.05, 3.63) is 24.3 Å².